The highest BCUT2D eigenvalue weighted by Crippen LogP contribution is 2.29. The van der Waals surface area contributed by atoms with Gasteiger partial charge in [-0.05, 0) is 28.1 Å². The second kappa shape index (κ2) is 6.49. The Bertz CT molecular complexity index is 663. The molecule has 0 saturated heterocycles. The van der Waals surface area contributed by atoms with Gasteiger partial charge in [-0.2, -0.15) is 13.2 Å². The van der Waals surface area contributed by atoms with Crippen LogP contribution < -0.4 is 5.32 Å². The molecular weight excluding hydrogens is 406 g/mol. The molecule has 0 aliphatic carbocycles. The molecule has 0 spiro atoms. The molecule has 0 bridgehead atoms. The Hall–Kier alpha value is -0.870. The van der Waals surface area contributed by atoms with E-state index in [0.717, 1.165) is 0 Å². The summed E-state index contributed by atoms with van der Waals surface area (Å²) >= 11 is 2.77. The molecule has 21 heavy (non-hydrogen) atoms. The first-order chi connectivity index (χ1) is 9.42. The third-order valence-corrected chi connectivity index (χ3v) is 4.67. The molecular formula is C10H7BrClF4NO3S. The lowest BCUT2D eigenvalue weighted by molar-refractivity contribution is -0.132. The molecule has 0 unspecified atom stereocenters. The molecule has 1 N–H and O–H groups in total. The van der Waals surface area contributed by atoms with Gasteiger partial charge in [0.05, 0.1) is 16.5 Å². The number of halogens is 6. The molecule has 0 aromatic heterocycles. The van der Waals surface area contributed by atoms with Crippen molar-refractivity contribution < 1.29 is 30.8 Å². The fourth-order valence-corrected chi connectivity index (χ4v) is 3.59. The van der Waals surface area contributed by atoms with E-state index in [9.17, 15) is 30.8 Å². The number of hydrogen-bond donors (Lipinski definition) is 1. The number of nitrogens with one attached hydrogen (secondary N) is 1. The number of amides is 1. The normalized spacial score (nSPS) is 12.3. The minimum atomic E-state index is -4.46. The maximum Gasteiger partial charge on any atom is 0.390 e. The molecule has 11 heteroatoms. The SMILES string of the molecule is O=C(NCCC(F)(F)F)c1cc(F)cc(S(=O)(=O)Cl)c1Br. The summed E-state index contributed by atoms with van der Waals surface area (Å²) in [4.78, 5) is 11.0. The predicted molar refractivity (Wildman–Crippen MR) is 70.1 cm³/mol. The smallest absolute Gasteiger partial charge is 0.352 e. The number of benzene rings is 1. The van der Waals surface area contributed by atoms with Gasteiger partial charge in [-0.1, -0.05) is 0 Å². The quantitative estimate of drug-likeness (QED) is 0.610. The van der Waals surface area contributed by atoms with Crippen molar-refractivity contribution in [3.8, 4) is 0 Å². The topological polar surface area (TPSA) is 63.2 Å². The van der Waals surface area contributed by atoms with Gasteiger partial charge in [-0.15, -0.1) is 0 Å². The molecule has 1 rings (SSSR count). The Balaban J connectivity index is 3.03. The Morgan fingerprint density at radius 2 is 1.90 bits per heavy atom. The molecule has 0 aliphatic heterocycles. The van der Waals surface area contributed by atoms with Gasteiger partial charge in [-0.25, -0.2) is 12.8 Å². The van der Waals surface area contributed by atoms with Gasteiger partial charge in [0, 0.05) is 17.2 Å². The third kappa shape index (κ3) is 5.44. The number of carbonyl (C=O) groups excluding carboxylic acids is 1. The van der Waals surface area contributed by atoms with E-state index in [-0.39, 0.29) is 4.47 Å². The van der Waals surface area contributed by atoms with Crippen LogP contribution >= 0.6 is 26.6 Å². The maximum atomic E-state index is 13.3. The average molecular weight is 413 g/mol. The summed E-state index contributed by atoms with van der Waals surface area (Å²) in [7, 11) is 0.741. The standard InChI is InChI=1S/C10H7BrClF4NO3S/c11-8-6(9(18)17-2-1-10(14,15)16)3-5(13)4-7(8)21(12,19)20/h3-4H,1-2H2,(H,17,18). The fourth-order valence-electron chi connectivity index (χ4n) is 1.32. The van der Waals surface area contributed by atoms with Crippen LogP contribution in [0.25, 0.3) is 0 Å². The number of rotatable bonds is 4. The van der Waals surface area contributed by atoms with Crippen molar-refractivity contribution >= 4 is 41.6 Å². The highest BCUT2D eigenvalue weighted by atomic mass is 79.9. The minimum absolute atomic E-state index is 0.330. The summed E-state index contributed by atoms with van der Waals surface area (Å²) in [5.41, 5.74) is -0.476. The second-order valence-corrected chi connectivity index (χ2v) is 7.15. The summed E-state index contributed by atoms with van der Waals surface area (Å²) in [6, 6.07) is 1.26. The van der Waals surface area contributed by atoms with Crippen molar-refractivity contribution in [3.63, 3.8) is 0 Å². The molecule has 0 fully saturated rings. The Labute approximate surface area is 130 Å². The van der Waals surface area contributed by atoms with Gasteiger partial charge in [-0.3, -0.25) is 4.79 Å². The lowest BCUT2D eigenvalue weighted by atomic mass is 10.2. The number of alkyl halides is 3. The van der Waals surface area contributed by atoms with Crippen LogP contribution in [0.5, 0.6) is 0 Å². The zero-order chi connectivity index (χ0) is 16.4. The van der Waals surface area contributed by atoms with Gasteiger partial charge >= 0.3 is 6.18 Å². The second-order valence-electron chi connectivity index (χ2n) is 3.82. The van der Waals surface area contributed by atoms with Gasteiger partial charge in [0.2, 0.25) is 0 Å². The summed E-state index contributed by atoms with van der Waals surface area (Å²) in [5.74, 6) is -2.13. The molecule has 4 nitrogen and oxygen atoms in total. The largest absolute Gasteiger partial charge is 0.390 e. The molecule has 1 aromatic carbocycles. The van der Waals surface area contributed by atoms with E-state index in [0.29, 0.717) is 12.1 Å². The first kappa shape index (κ1) is 18.2. The Kier molecular flexibility index (Phi) is 5.62. The van der Waals surface area contributed by atoms with E-state index in [1.54, 1.807) is 0 Å². The monoisotopic (exact) mass is 411 g/mol. The van der Waals surface area contributed by atoms with Crippen molar-refractivity contribution in [3.05, 3.63) is 28.0 Å². The fraction of sp³-hybridized carbons (Fsp3) is 0.300. The zero-order valence-electron chi connectivity index (χ0n) is 9.97. The molecule has 0 radical (unpaired) electrons. The highest BCUT2D eigenvalue weighted by Gasteiger charge is 2.27. The van der Waals surface area contributed by atoms with Crippen molar-refractivity contribution in [2.75, 3.05) is 6.54 Å². The van der Waals surface area contributed by atoms with E-state index < -0.39 is 50.4 Å². The summed E-state index contributed by atoms with van der Waals surface area (Å²) in [6.07, 6.45) is -5.73. The third-order valence-electron chi connectivity index (χ3n) is 2.21. The van der Waals surface area contributed by atoms with Gasteiger partial charge < -0.3 is 5.32 Å². The van der Waals surface area contributed by atoms with Crippen molar-refractivity contribution in [2.45, 2.75) is 17.5 Å². The molecule has 1 amide bonds. The molecule has 118 valence electrons. The highest BCUT2D eigenvalue weighted by molar-refractivity contribution is 9.10. The predicted octanol–water partition coefficient (Wildman–Crippen LogP) is 3.20. The summed E-state index contributed by atoms with van der Waals surface area (Å²) in [6.45, 7) is -0.728. The van der Waals surface area contributed by atoms with Crippen molar-refractivity contribution in [2.24, 2.45) is 0 Å². The van der Waals surface area contributed by atoms with E-state index >= 15 is 0 Å². The van der Waals surface area contributed by atoms with Crippen LogP contribution in [-0.4, -0.2) is 27.0 Å². The van der Waals surface area contributed by atoms with Crippen LogP contribution in [0.3, 0.4) is 0 Å². The first-order valence-electron chi connectivity index (χ1n) is 5.20. The Morgan fingerprint density at radius 3 is 2.38 bits per heavy atom. The lowest BCUT2D eigenvalue weighted by Crippen LogP contribution is -2.28. The zero-order valence-corrected chi connectivity index (χ0v) is 13.1. The van der Waals surface area contributed by atoms with Gasteiger partial charge in [0.25, 0.3) is 15.0 Å². The van der Waals surface area contributed by atoms with E-state index in [4.69, 9.17) is 10.7 Å². The van der Waals surface area contributed by atoms with Crippen LogP contribution in [0.4, 0.5) is 17.6 Å². The van der Waals surface area contributed by atoms with Gasteiger partial charge in [0.15, 0.2) is 0 Å². The Morgan fingerprint density at radius 1 is 1.33 bits per heavy atom. The van der Waals surface area contributed by atoms with E-state index in [1.807, 2.05) is 5.32 Å². The molecule has 0 aliphatic rings. The summed E-state index contributed by atoms with van der Waals surface area (Å²) in [5, 5.41) is 1.91. The van der Waals surface area contributed by atoms with Gasteiger partial charge in [0.1, 0.15) is 10.7 Å². The van der Waals surface area contributed by atoms with Crippen molar-refractivity contribution in [1.82, 2.24) is 5.32 Å². The van der Waals surface area contributed by atoms with E-state index in [1.165, 1.54) is 0 Å². The maximum absolute atomic E-state index is 13.3. The molecule has 0 atom stereocenters. The molecule has 1 aromatic rings. The minimum Gasteiger partial charge on any atom is -0.352 e. The van der Waals surface area contributed by atoms with E-state index in [2.05, 4.69) is 15.9 Å². The van der Waals surface area contributed by atoms with Crippen molar-refractivity contribution in [1.29, 1.82) is 0 Å². The summed E-state index contributed by atoms with van der Waals surface area (Å²) < 4.78 is 71.3. The van der Waals surface area contributed by atoms with Crippen LogP contribution in [0.1, 0.15) is 16.8 Å². The van der Waals surface area contributed by atoms with Crippen LogP contribution in [0.2, 0.25) is 0 Å². The van der Waals surface area contributed by atoms with Crippen LogP contribution in [-0.2, 0) is 9.05 Å². The average Bonchev–Trinajstić information content (AvgIpc) is 2.28. The first-order valence-corrected chi connectivity index (χ1v) is 8.30. The van der Waals surface area contributed by atoms with Crippen LogP contribution in [0, 0.1) is 5.82 Å². The van der Waals surface area contributed by atoms with Crippen LogP contribution in [0.15, 0.2) is 21.5 Å². The number of carbonyl (C=O) groups is 1. The number of hydrogen-bond acceptors (Lipinski definition) is 3. The molecule has 0 heterocycles. The lowest BCUT2D eigenvalue weighted by Gasteiger charge is -2.10. The molecule has 0 saturated carbocycles.